The number of nitrogens with zero attached hydrogens (tertiary/aromatic N) is 5. The van der Waals surface area contributed by atoms with Gasteiger partial charge in [0.25, 0.3) is 0 Å². The van der Waals surface area contributed by atoms with E-state index in [9.17, 15) is 14.3 Å². The SMILES string of the molecule is CC(C)(C)c1cc(NC(=O)NCc2cc(F)ccc2Oc2ccc3c(cnn3CCO)c2)n(-c2ccc(C#N)cc2)n1. The number of ether oxygens (including phenoxy) is 1. The second-order valence-electron chi connectivity index (χ2n) is 10.7. The van der Waals surface area contributed by atoms with Gasteiger partial charge in [-0.3, -0.25) is 10.00 Å². The Morgan fingerprint density at radius 2 is 1.88 bits per heavy atom. The normalized spacial score (nSPS) is 11.3. The number of anilines is 1. The van der Waals surface area contributed by atoms with E-state index in [1.807, 2.05) is 26.8 Å². The molecule has 2 aromatic heterocycles. The molecule has 11 heteroatoms. The van der Waals surface area contributed by atoms with Crippen molar-refractivity contribution in [1.82, 2.24) is 24.9 Å². The molecule has 3 N–H and O–H groups in total. The molecule has 2 amide bonds. The summed E-state index contributed by atoms with van der Waals surface area (Å²) in [6.45, 7) is 6.41. The maximum Gasteiger partial charge on any atom is 0.320 e. The summed E-state index contributed by atoms with van der Waals surface area (Å²) in [5.74, 6) is 0.878. The molecule has 0 fully saturated rings. The number of hydrogen-bond acceptors (Lipinski definition) is 6. The molecule has 0 aliphatic heterocycles. The number of aromatic nitrogens is 4. The number of benzene rings is 3. The summed E-state index contributed by atoms with van der Waals surface area (Å²) >= 11 is 0. The fraction of sp³-hybridized carbons (Fsp3) is 0.226. The van der Waals surface area contributed by atoms with Gasteiger partial charge in [-0.15, -0.1) is 0 Å². The number of aliphatic hydroxyl groups is 1. The van der Waals surface area contributed by atoms with Crippen LogP contribution in [-0.4, -0.2) is 37.3 Å². The molecule has 0 unspecified atom stereocenters. The highest BCUT2D eigenvalue weighted by Crippen LogP contribution is 2.30. The Labute approximate surface area is 242 Å². The molecular weight excluding hydrogens is 537 g/mol. The van der Waals surface area contributed by atoms with E-state index < -0.39 is 11.8 Å². The summed E-state index contributed by atoms with van der Waals surface area (Å²) < 4.78 is 23.6. The molecule has 5 rings (SSSR count). The van der Waals surface area contributed by atoms with Crippen molar-refractivity contribution in [2.24, 2.45) is 0 Å². The highest BCUT2D eigenvalue weighted by Gasteiger charge is 2.22. The quantitative estimate of drug-likeness (QED) is 0.223. The molecule has 3 aromatic carbocycles. The number of carbonyl (C=O) groups excluding carboxylic acids is 1. The Kier molecular flexibility index (Phi) is 7.91. The number of aliphatic hydroxyl groups excluding tert-OH is 1. The van der Waals surface area contributed by atoms with Crippen LogP contribution < -0.4 is 15.4 Å². The average Bonchev–Trinajstić information content (AvgIpc) is 3.57. The number of amides is 2. The fourth-order valence-corrected chi connectivity index (χ4v) is 4.36. The number of carbonyl (C=O) groups is 1. The van der Waals surface area contributed by atoms with Crippen LogP contribution in [0.5, 0.6) is 11.5 Å². The van der Waals surface area contributed by atoms with Gasteiger partial charge >= 0.3 is 6.03 Å². The van der Waals surface area contributed by atoms with E-state index >= 15 is 0 Å². The lowest BCUT2D eigenvalue weighted by Gasteiger charge is -2.14. The van der Waals surface area contributed by atoms with Crippen molar-refractivity contribution in [3.05, 3.63) is 95.6 Å². The lowest BCUT2D eigenvalue weighted by molar-refractivity contribution is 0.251. The van der Waals surface area contributed by atoms with Gasteiger partial charge in [0, 0.05) is 29.0 Å². The van der Waals surface area contributed by atoms with Gasteiger partial charge in [0.2, 0.25) is 0 Å². The van der Waals surface area contributed by atoms with Gasteiger partial charge in [0.1, 0.15) is 23.1 Å². The molecule has 0 aliphatic rings. The Bertz CT molecular complexity index is 1780. The molecule has 0 atom stereocenters. The van der Waals surface area contributed by atoms with E-state index in [1.165, 1.54) is 18.2 Å². The summed E-state index contributed by atoms with van der Waals surface area (Å²) in [7, 11) is 0. The number of fused-ring (bicyclic) bond motifs is 1. The summed E-state index contributed by atoms with van der Waals surface area (Å²) in [5.41, 5.74) is 2.97. The number of urea groups is 1. The van der Waals surface area contributed by atoms with Crippen molar-refractivity contribution in [2.45, 2.75) is 39.3 Å². The van der Waals surface area contributed by atoms with Crippen LogP contribution in [0.4, 0.5) is 15.0 Å². The van der Waals surface area contributed by atoms with Crippen LogP contribution in [0, 0.1) is 17.1 Å². The second kappa shape index (κ2) is 11.7. The van der Waals surface area contributed by atoms with Crippen molar-refractivity contribution < 1.29 is 19.0 Å². The zero-order valence-corrected chi connectivity index (χ0v) is 23.4. The first-order chi connectivity index (χ1) is 20.1. The van der Waals surface area contributed by atoms with E-state index in [1.54, 1.807) is 58.0 Å². The molecule has 0 aliphatic carbocycles. The van der Waals surface area contributed by atoms with E-state index in [-0.39, 0.29) is 18.6 Å². The topological polar surface area (TPSA) is 130 Å². The average molecular weight is 568 g/mol. The minimum Gasteiger partial charge on any atom is -0.457 e. The van der Waals surface area contributed by atoms with Gasteiger partial charge in [-0.05, 0) is 60.7 Å². The third-order valence-electron chi connectivity index (χ3n) is 6.58. The van der Waals surface area contributed by atoms with Crippen LogP contribution in [0.15, 0.2) is 72.9 Å². The third-order valence-corrected chi connectivity index (χ3v) is 6.58. The first kappa shape index (κ1) is 28.3. The fourth-order valence-electron chi connectivity index (χ4n) is 4.36. The number of rotatable bonds is 8. The molecule has 0 spiro atoms. The lowest BCUT2D eigenvalue weighted by Crippen LogP contribution is -2.29. The molecule has 42 heavy (non-hydrogen) atoms. The van der Waals surface area contributed by atoms with Gasteiger partial charge in [0.15, 0.2) is 0 Å². The number of nitriles is 1. The monoisotopic (exact) mass is 567 g/mol. The zero-order valence-electron chi connectivity index (χ0n) is 23.4. The lowest BCUT2D eigenvalue weighted by atomic mass is 9.92. The van der Waals surface area contributed by atoms with Gasteiger partial charge in [0.05, 0.1) is 47.9 Å². The van der Waals surface area contributed by atoms with Crippen molar-refractivity contribution in [1.29, 1.82) is 5.26 Å². The second-order valence-corrected chi connectivity index (χ2v) is 10.7. The molecule has 0 radical (unpaired) electrons. The molecule has 0 saturated carbocycles. The molecule has 5 aromatic rings. The van der Waals surface area contributed by atoms with E-state index in [0.717, 1.165) is 16.6 Å². The molecular formula is C31H30FN7O3. The van der Waals surface area contributed by atoms with Crippen molar-refractivity contribution in [2.75, 3.05) is 11.9 Å². The van der Waals surface area contributed by atoms with E-state index in [2.05, 4.69) is 26.9 Å². The summed E-state index contributed by atoms with van der Waals surface area (Å²) in [6.07, 6.45) is 1.68. The van der Waals surface area contributed by atoms with Gasteiger partial charge in [-0.1, -0.05) is 20.8 Å². The van der Waals surface area contributed by atoms with Crippen molar-refractivity contribution in [3.8, 4) is 23.3 Å². The highest BCUT2D eigenvalue weighted by molar-refractivity contribution is 5.88. The van der Waals surface area contributed by atoms with Crippen LogP contribution >= 0.6 is 0 Å². The molecule has 214 valence electrons. The van der Waals surface area contributed by atoms with Gasteiger partial charge in [-0.25, -0.2) is 13.9 Å². The maximum absolute atomic E-state index is 14.2. The number of hydrogen-bond donors (Lipinski definition) is 3. The van der Waals surface area contributed by atoms with Crippen LogP contribution in [0.25, 0.3) is 16.6 Å². The van der Waals surface area contributed by atoms with Crippen molar-refractivity contribution >= 4 is 22.8 Å². The van der Waals surface area contributed by atoms with E-state index in [4.69, 9.17) is 10.00 Å². The van der Waals surface area contributed by atoms with Crippen LogP contribution in [0.2, 0.25) is 0 Å². The van der Waals surface area contributed by atoms with Crippen LogP contribution in [0.1, 0.15) is 37.6 Å². The first-order valence-corrected chi connectivity index (χ1v) is 13.3. The van der Waals surface area contributed by atoms with E-state index in [0.29, 0.717) is 40.7 Å². The summed E-state index contributed by atoms with van der Waals surface area (Å²) in [4.78, 5) is 13.0. The molecule has 2 heterocycles. The van der Waals surface area contributed by atoms with Crippen LogP contribution in [-0.2, 0) is 18.5 Å². The van der Waals surface area contributed by atoms with Crippen molar-refractivity contribution in [3.63, 3.8) is 0 Å². The predicted octanol–water partition coefficient (Wildman–Crippen LogP) is 5.64. The number of halogens is 1. The van der Waals surface area contributed by atoms with Crippen LogP contribution in [0.3, 0.4) is 0 Å². The number of nitrogens with one attached hydrogen (secondary N) is 2. The van der Waals surface area contributed by atoms with Gasteiger partial charge < -0.3 is 15.2 Å². The third kappa shape index (κ3) is 6.24. The molecule has 10 nitrogen and oxygen atoms in total. The minimum atomic E-state index is -0.516. The highest BCUT2D eigenvalue weighted by atomic mass is 19.1. The Balaban J connectivity index is 1.33. The largest absolute Gasteiger partial charge is 0.457 e. The Hall–Kier alpha value is -5.21. The Morgan fingerprint density at radius 1 is 1.10 bits per heavy atom. The summed E-state index contributed by atoms with van der Waals surface area (Å²) in [5, 5.41) is 33.8. The molecule has 0 saturated heterocycles. The zero-order chi connectivity index (χ0) is 29.9. The minimum absolute atomic E-state index is 0.00721. The first-order valence-electron chi connectivity index (χ1n) is 13.3. The smallest absolute Gasteiger partial charge is 0.320 e. The van der Waals surface area contributed by atoms with Gasteiger partial charge in [-0.2, -0.15) is 15.5 Å². The molecule has 0 bridgehead atoms. The standard InChI is InChI=1S/C31H30FN7O3/c1-31(2,3)28-16-29(39(37-28)24-7-4-20(17-33)5-8-24)36-30(41)34-18-22-14-23(32)6-11-27(22)42-25-9-10-26-21(15-25)19-35-38(26)12-13-40/h4-11,14-16,19,40H,12-13,18H2,1-3H3,(H2,34,36,41). The predicted molar refractivity (Wildman–Crippen MR) is 156 cm³/mol. The Morgan fingerprint density at radius 3 is 2.60 bits per heavy atom. The maximum atomic E-state index is 14.2. The summed E-state index contributed by atoms with van der Waals surface area (Å²) in [6, 6.07) is 19.8.